The molecule has 0 N–H and O–H groups in total. The number of para-hydroxylation sites is 1. The summed E-state index contributed by atoms with van der Waals surface area (Å²) in [6, 6.07) is 9.62. The molecule has 90 valence electrons. The highest BCUT2D eigenvalue weighted by atomic mass is 28.3. The van der Waals surface area contributed by atoms with Crippen molar-refractivity contribution in [3.63, 3.8) is 0 Å². The largest absolute Gasteiger partial charge is 0.312 e. The lowest BCUT2D eigenvalue weighted by Crippen LogP contribution is -2.37. The highest BCUT2D eigenvalue weighted by molar-refractivity contribution is 6.87. The highest BCUT2D eigenvalue weighted by Crippen LogP contribution is 2.19. The van der Waals surface area contributed by atoms with Gasteiger partial charge in [0.25, 0.3) is 5.91 Å². The van der Waals surface area contributed by atoms with Gasteiger partial charge in [-0.05, 0) is 12.1 Å². The van der Waals surface area contributed by atoms with Gasteiger partial charge >= 0.3 is 0 Å². The van der Waals surface area contributed by atoms with E-state index in [1.165, 1.54) is 0 Å². The lowest BCUT2D eigenvalue weighted by atomic mass is 10.3. The molecule has 0 saturated heterocycles. The van der Waals surface area contributed by atoms with Gasteiger partial charge in [0.15, 0.2) is 0 Å². The summed E-state index contributed by atoms with van der Waals surface area (Å²) in [5.74, 6) is 0.00497. The fourth-order valence-electron chi connectivity index (χ4n) is 1.60. The van der Waals surface area contributed by atoms with Crippen LogP contribution in [0.2, 0.25) is 19.6 Å². The summed E-state index contributed by atoms with van der Waals surface area (Å²) in [6.07, 6.45) is 0. The number of carbonyl (C=O) groups is 1. The zero-order chi connectivity index (χ0) is 13.1. The third-order valence-electron chi connectivity index (χ3n) is 2.59. The molecule has 0 aromatic heterocycles. The molecule has 0 fully saturated rings. The number of hydrogen-bond donors (Lipinski definition) is 0. The molecule has 0 bridgehead atoms. The molecule has 1 aromatic carbocycles. The van der Waals surface area contributed by atoms with Crippen LogP contribution in [-0.4, -0.2) is 21.0 Å². The Morgan fingerprint density at radius 1 is 1.24 bits per heavy atom. The molecular formula is C14H19NOSi. The molecule has 0 aliphatic carbocycles. The van der Waals surface area contributed by atoms with E-state index < -0.39 is 8.07 Å². The van der Waals surface area contributed by atoms with Crippen LogP contribution in [0.4, 0.5) is 5.69 Å². The number of benzene rings is 1. The molecule has 0 radical (unpaired) electrons. The van der Waals surface area contributed by atoms with E-state index in [9.17, 15) is 4.79 Å². The van der Waals surface area contributed by atoms with Gasteiger partial charge in [0.2, 0.25) is 0 Å². The van der Waals surface area contributed by atoms with Gasteiger partial charge in [0.1, 0.15) is 0 Å². The van der Waals surface area contributed by atoms with Crippen molar-refractivity contribution < 1.29 is 4.79 Å². The van der Waals surface area contributed by atoms with Gasteiger partial charge in [-0.25, -0.2) is 0 Å². The number of hydrogen-bond acceptors (Lipinski definition) is 1. The quantitative estimate of drug-likeness (QED) is 0.455. The van der Waals surface area contributed by atoms with Crippen LogP contribution in [0.3, 0.4) is 0 Å². The van der Waals surface area contributed by atoms with Crippen molar-refractivity contribution in [3.05, 3.63) is 47.8 Å². The number of carbonyl (C=O) groups excluding carboxylic acids is 1. The summed E-state index contributed by atoms with van der Waals surface area (Å²) in [5, 5.41) is 0.740. The Morgan fingerprint density at radius 3 is 2.18 bits per heavy atom. The molecule has 0 saturated carbocycles. The van der Waals surface area contributed by atoms with Crippen LogP contribution in [0.5, 0.6) is 0 Å². The Hall–Kier alpha value is -1.57. The topological polar surface area (TPSA) is 20.3 Å². The van der Waals surface area contributed by atoms with Crippen LogP contribution >= 0.6 is 0 Å². The summed E-state index contributed by atoms with van der Waals surface area (Å²) < 4.78 is 0. The van der Waals surface area contributed by atoms with Gasteiger partial charge < -0.3 is 4.90 Å². The normalized spacial score (nSPS) is 10.6. The Labute approximate surface area is 104 Å². The summed E-state index contributed by atoms with van der Waals surface area (Å²) >= 11 is 0. The molecule has 0 unspecified atom stereocenters. The number of anilines is 1. The maximum absolute atomic E-state index is 12.3. The van der Waals surface area contributed by atoms with Crippen molar-refractivity contribution in [3.8, 4) is 0 Å². The Balaban J connectivity index is 3.03. The molecule has 0 aliphatic heterocycles. The number of likely N-dealkylation sites (N-methyl/N-ethyl adjacent to an activating group) is 1. The van der Waals surface area contributed by atoms with E-state index in [1.54, 1.807) is 11.9 Å². The van der Waals surface area contributed by atoms with Gasteiger partial charge in [0.05, 0.1) is 8.07 Å². The first-order chi connectivity index (χ1) is 7.88. The van der Waals surface area contributed by atoms with E-state index >= 15 is 0 Å². The molecule has 17 heavy (non-hydrogen) atoms. The molecule has 0 spiro atoms. The molecule has 1 amide bonds. The first-order valence-corrected chi connectivity index (χ1v) is 9.11. The number of nitrogens with zero attached hydrogens (tertiary/aromatic N) is 1. The lowest BCUT2D eigenvalue weighted by Gasteiger charge is -2.24. The molecule has 1 aromatic rings. The third-order valence-corrected chi connectivity index (χ3v) is 4.48. The SMILES string of the molecule is C=C=C(C(=O)N(C)c1ccccc1)[Si](C)(C)C. The number of rotatable bonds is 3. The van der Waals surface area contributed by atoms with E-state index in [0.29, 0.717) is 0 Å². The van der Waals surface area contributed by atoms with Crippen LogP contribution in [0.25, 0.3) is 0 Å². The average molecular weight is 245 g/mol. The zero-order valence-corrected chi connectivity index (χ0v) is 11.9. The fourth-order valence-corrected chi connectivity index (χ4v) is 2.94. The Kier molecular flexibility index (Phi) is 4.10. The summed E-state index contributed by atoms with van der Waals surface area (Å²) in [4.78, 5) is 14.0. The van der Waals surface area contributed by atoms with Gasteiger partial charge in [-0.15, -0.1) is 5.73 Å². The van der Waals surface area contributed by atoms with Crippen molar-refractivity contribution in [1.29, 1.82) is 0 Å². The van der Waals surface area contributed by atoms with E-state index in [-0.39, 0.29) is 5.91 Å². The minimum atomic E-state index is -1.69. The van der Waals surface area contributed by atoms with Crippen LogP contribution in [0, 0.1) is 0 Å². The second kappa shape index (κ2) is 5.17. The third kappa shape index (κ3) is 3.19. The van der Waals surface area contributed by atoms with Crippen molar-refractivity contribution >= 4 is 19.7 Å². The second-order valence-corrected chi connectivity index (χ2v) is 10.0. The minimum absolute atomic E-state index is 0.00497. The van der Waals surface area contributed by atoms with Crippen LogP contribution in [-0.2, 0) is 4.79 Å². The van der Waals surface area contributed by atoms with Gasteiger partial charge in [-0.3, -0.25) is 4.79 Å². The monoisotopic (exact) mass is 245 g/mol. The molecular weight excluding hydrogens is 226 g/mol. The second-order valence-electron chi connectivity index (χ2n) is 5.00. The van der Waals surface area contributed by atoms with Crippen molar-refractivity contribution in [2.45, 2.75) is 19.6 Å². The zero-order valence-electron chi connectivity index (χ0n) is 10.9. The van der Waals surface area contributed by atoms with E-state index in [2.05, 4.69) is 32.0 Å². The fraction of sp³-hybridized carbons (Fsp3) is 0.286. The van der Waals surface area contributed by atoms with E-state index in [1.807, 2.05) is 30.3 Å². The smallest absolute Gasteiger partial charge is 0.257 e. The molecule has 0 heterocycles. The first kappa shape index (κ1) is 13.5. The van der Waals surface area contributed by atoms with Crippen molar-refractivity contribution in [1.82, 2.24) is 0 Å². The van der Waals surface area contributed by atoms with Crippen LogP contribution in [0.1, 0.15) is 0 Å². The Morgan fingerprint density at radius 2 is 1.76 bits per heavy atom. The summed E-state index contributed by atoms with van der Waals surface area (Å²) in [6.45, 7) is 10.0. The van der Waals surface area contributed by atoms with Crippen molar-refractivity contribution in [2.24, 2.45) is 0 Å². The van der Waals surface area contributed by atoms with Crippen LogP contribution in [0.15, 0.2) is 47.8 Å². The van der Waals surface area contributed by atoms with Gasteiger partial charge in [0, 0.05) is 17.9 Å². The van der Waals surface area contributed by atoms with E-state index in [4.69, 9.17) is 0 Å². The predicted molar refractivity (Wildman–Crippen MR) is 75.9 cm³/mol. The molecule has 3 heteroatoms. The average Bonchev–Trinajstić information content (AvgIpc) is 2.28. The maximum Gasteiger partial charge on any atom is 0.257 e. The maximum atomic E-state index is 12.3. The molecule has 1 rings (SSSR count). The van der Waals surface area contributed by atoms with Crippen molar-refractivity contribution in [2.75, 3.05) is 11.9 Å². The van der Waals surface area contributed by atoms with Gasteiger partial charge in [-0.2, -0.15) is 0 Å². The molecule has 0 atom stereocenters. The minimum Gasteiger partial charge on any atom is -0.312 e. The molecule has 0 aliphatic rings. The summed E-state index contributed by atoms with van der Waals surface area (Å²) in [5.41, 5.74) is 3.72. The standard InChI is InChI=1S/C14H19NOSi/c1-6-13(17(3,4)5)14(16)15(2)12-10-8-7-9-11-12/h7-11H,1H2,2-5H3. The summed E-state index contributed by atoms with van der Waals surface area (Å²) in [7, 11) is 0.0933. The number of amides is 1. The highest BCUT2D eigenvalue weighted by Gasteiger charge is 2.28. The van der Waals surface area contributed by atoms with E-state index in [0.717, 1.165) is 10.9 Å². The first-order valence-electron chi connectivity index (χ1n) is 5.61. The molecule has 2 nitrogen and oxygen atoms in total. The van der Waals surface area contributed by atoms with Gasteiger partial charge in [-0.1, -0.05) is 44.4 Å². The lowest BCUT2D eigenvalue weighted by molar-refractivity contribution is -0.114. The van der Waals surface area contributed by atoms with Crippen LogP contribution < -0.4 is 4.90 Å². The Bertz CT molecular complexity index is 453. The predicted octanol–water partition coefficient (Wildman–Crippen LogP) is 3.24.